The summed E-state index contributed by atoms with van der Waals surface area (Å²) in [7, 11) is 1.51. The molecule has 4 rings (SSSR count). The van der Waals surface area contributed by atoms with Crippen LogP contribution in [0.25, 0.3) is 11.1 Å². The van der Waals surface area contributed by atoms with Crippen LogP contribution in [-0.4, -0.2) is 33.0 Å². The van der Waals surface area contributed by atoms with Gasteiger partial charge in [0.25, 0.3) is 11.5 Å². The van der Waals surface area contributed by atoms with Crippen molar-refractivity contribution in [2.24, 2.45) is 11.7 Å². The predicted octanol–water partition coefficient (Wildman–Crippen LogP) is 4.27. The van der Waals surface area contributed by atoms with E-state index < -0.39 is 5.91 Å². The lowest BCUT2D eigenvalue weighted by Crippen LogP contribution is -2.31. The number of methoxy groups -OCH3 is 1. The molecule has 3 aromatic heterocycles. The highest BCUT2D eigenvalue weighted by atomic mass is 32.1. The number of pyridine rings is 2. The fourth-order valence-electron chi connectivity index (χ4n) is 4.59. The van der Waals surface area contributed by atoms with Crippen molar-refractivity contribution in [3.05, 3.63) is 57.7 Å². The Balaban J connectivity index is 1.49. The molecule has 0 bridgehead atoms. The highest BCUT2D eigenvalue weighted by molar-refractivity contribution is 7.03. The van der Waals surface area contributed by atoms with Gasteiger partial charge >= 0.3 is 0 Å². The zero-order chi connectivity index (χ0) is 24.2. The van der Waals surface area contributed by atoms with E-state index in [2.05, 4.69) is 28.5 Å². The number of nitrogens with zero attached hydrogens (tertiary/aromatic N) is 3. The second kappa shape index (κ2) is 10.4. The molecular weight excluding hydrogens is 450 g/mol. The van der Waals surface area contributed by atoms with E-state index in [0.29, 0.717) is 29.8 Å². The lowest BCUT2D eigenvalue weighted by atomic mass is 9.82. The number of amides is 1. The summed E-state index contributed by atoms with van der Waals surface area (Å²) in [5, 5.41) is 5.53. The van der Waals surface area contributed by atoms with Crippen molar-refractivity contribution in [1.82, 2.24) is 13.9 Å². The van der Waals surface area contributed by atoms with Gasteiger partial charge in [0.05, 0.1) is 7.11 Å². The first-order chi connectivity index (χ1) is 16.4. The van der Waals surface area contributed by atoms with Gasteiger partial charge in [-0.1, -0.05) is 13.8 Å². The maximum absolute atomic E-state index is 13.2. The summed E-state index contributed by atoms with van der Waals surface area (Å²) < 4.78 is 11.3. The van der Waals surface area contributed by atoms with E-state index in [0.717, 1.165) is 42.4 Å². The molecule has 34 heavy (non-hydrogen) atoms. The minimum Gasteiger partial charge on any atom is -0.494 e. The van der Waals surface area contributed by atoms with E-state index in [-0.39, 0.29) is 17.3 Å². The van der Waals surface area contributed by atoms with Crippen LogP contribution in [0.2, 0.25) is 0 Å². The molecule has 0 unspecified atom stereocenters. The fourth-order valence-corrected chi connectivity index (χ4v) is 5.13. The second-order valence-electron chi connectivity index (χ2n) is 9.28. The molecule has 0 atom stereocenters. The Bertz CT molecular complexity index is 1200. The van der Waals surface area contributed by atoms with Gasteiger partial charge in [0.2, 0.25) is 0 Å². The lowest BCUT2D eigenvalue weighted by Gasteiger charge is -2.30. The summed E-state index contributed by atoms with van der Waals surface area (Å²) in [5.74, 6) is 0.501. The van der Waals surface area contributed by atoms with Crippen LogP contribution >= 0.6 is 11.5 Å². The molecule has 0 spiro atoms. The van der Waals surface area contributed by atoms with E-state index in [1.165, 1.54) is 18.6 Å². The Labute approximate surface area is 203 Å². The summed E-state index contributed by atoms with van der Waals surface area (Å²) in [5.41, 5.74) is 9.26. The number of carbonyl (C=O) groups is 1. The van der Waals surface area contributed by atoms with E-state index in [9.17, 15) is 9.59 Å². The molecule has 3 heterocycles. The predicted molar refractivity (Wildman–Crippen MR) is 135 cm³/mol. The standard InChI is InChI=1S/C25H31N5O3S/c1-15(2)12-30-13-18(19-11-28-34-14-19)8-21(25(30)32)29-20-6-4-16(5-7-20)17-9-22(33-3)23(24(26)31)27-10-17/h8-11,13-16,20,29H,4-7,12H2,1-3H3,(H2,26,31)/t16-,20+. The molecule has 1 saturated carbocycles. The topological polar surface area (TPSA) is 112 Å². The van der Waals surface area contributed by atoms with Crippen LogP contribution < -0.4 is 21.3 Å². The normalized spacial score (nSPS) is 18.1. The molecule has 0 radical (unpaired) electrons. The first-order valence-corrected chi connectivity index (χ1v) is 12.4. The van der Waals surface area contributed by atoms with Crippen LogP contribution in [0.15, 0.2) is 40.9 Å². The fraction of sp³-hybridized carbons (Fsp3) is 0.440. The first kappa shape index (κ1) is 23.9. The number of ether oxygens (including phenoxy) is 1. The number of anilines is 1. The van der Waals surface area contributed by atoms with Gasteiger partial charge < -0.3 is 20.4 Å². The lowest BCUT2D eigenvalue weighted by molar-refractivity contribution is 0.0992. The van der Waals surface area contributed by atoms with Gasteiger partial charge in [-0.05, 0) is 66.7 Å². The minimum atomic E-state index is -0.597. The van der Waals surface area contributed by atoms with Crippen molar-refractivity contribution >= 4 is 23.1 Å². The molecule has 3 aromatic rings. The summed E-state index contributed by atoms with van der Waals surface area (Å²) in [6.07, 6.45) is 9.26. The Kier molecular flexibility index (Phi) is 7.31. The number of rotatable bonds is 8. The van der Waals surface area contributed by atoms with Crippen molar-refractivity contribution in [3.63, 3.8) is 0 Å². The van der Waals surface area contributed by atoms with Gasteiger partial charge in [-0.2, -0.15) is 0 Å². The zero-order valence-corrected chi connectivity index (χ0v) is 20.6. The van der Waals surface area contributed by atoms with Crippen LogP contribution in [0, 0.1) is 5.92 Å². The van der Waals surface area contributed by atoms with Gasteiger partial charge in [0, 0.05) is 47.7 Å². The zero-order valence-electron chi connectivity index (χ0n) is 19.8. The number of nitrogens with one attached hydrogen (secondary N) is 1. The largest absolute Gasteiger partial charge is 0.494 e. The third-order valence-corrected chi connectivity index (χ3v) is 6.89. The Hall–Kier alpha value is -3.20. The van der Waals surface area contributed by atoms with Crippen LogP contribution in [0.5, 0.6) is 5.75 Å². The summed E-state index contributed by atoms with van der Waals surface area (Å²) >= 11 is 1.41. The van der Waals surface area contributed by atoms with Crippen molar-refractivity contribution in [1.29, 1.82) is 0 Å². The molecule has 8 nitrogen and oxygen atoms in total. The molecule has 1 fully saturated rings. The third-order valence-electron chi connectivity index (χ3n) is 6.30. The molecule has 0 aliphatic heterocycles. The molecule has 1 amide bonds. The number of aromatic nitrogens is 3. The number of nitrogens with two attached hydrogens (primary N) is 1. The first-order valence-electron chi connectivity index (χ1n) is 11.6. The SMILES string of the molecule is COc1cc([C@H]2CC[C@@H](Nc3cc(-c4cnsc4)cn(CC(C)C)c3=O)CC2)cnc1C(N)=O. The monoisotopic (exact) mass is 481 g/mol. The van der Waals surface area contributed by atoms with Crippen LogP contribution in [-0.2, 0) is 6.54 Å². The number of hydrogen-bond donors (Lipinski definition) is 2. The Morgan fingerprint density at radius 1 is 1.24 bits per heavy atom. The smallest absolute Gasteiger partial charge is 0.273 e. The highest BCUT2D eigenvalue weighted by Crippen LogP contribution is 2.35. The van der Waals surface area contributed by atoms with E-state index in [1.54, 1.807) is 6.20 Å². The second-order valence-corrected chi connectivity index (χ2v) is 9.94. The molecule has 1 aliphatic rings. The molecule has 0 aromatic carbocycles. The van der Waals surface area contributed by atoms with Crippen molar-refractivity contribution in [3.8, 4) is 16.9 Å². The van der Waals surface area contributed by atoms with Crippen molar-refractivity contribution in [2.75, 3.05) is 12.4 Å². The average molecular weight is 482 g/mol. The molecule has 0 saturated heterocycles. The van der Waals surface area contributed by atoms with Gasteiger partial charge in [-0.25, -0.2) is 9.36 Å². The van der Waals surface area contributed by atoms with Crippen molar-refractivity contribution in [2.45, 2.75) is 58.0 Å². The van der Waals surface area contributed by atoms with Crippen LogP contribution in [0.3, 0.4) is 0 Å². The third kappa shape index (κ3) is 5.30. The van der Waals surface area contributed by atoms with Gasteiger partial charge in [-0.3, -0.25) is 9.59 Å². The maximum Gasteiger partial charge on any atom is 0.273 e. The molecule has 1 aliphatic carbocycles. The van der Waals surface area contributed by atoms with Gasteiger partial charge in [-0.15, -0.1) is 0 Å². The molecule has 180 valence electrons. The van der Waals surface area contributed by atoms with E-state index in [1.807, 2.05) is 34.5 Å². The molecular formula is C25H31N5O3S. The van der Waals surface area contributed by atoms with Crippen LogP contribution in [0.4, 0.5) is 5.69 Å². The highest BCUT2D eigenvalue weighted by Gasteiger charge is 2.25. The number of carbonyl (C=O) groups excluding carboxylic acids is 1. The summed E-state index contributed by atoms with van der Waals surface area (Å²) in [6.45, 7) is 4.89. The summed E-state index contributed by atoms with van der Waals surface area (Å²) in [6, 6.07) is 4.04. The minimum absolute atomic E-state index is 0.0127. The number of primary amides is 1. The summed E-state index contributed by atoms with van der Waals surface area (Å²) in [4.78, 5) is 28.9. The molecule has 3 N–H and O–H groups in total. The molecule has 9 heteroatoms. The van der Waals surface area contributed by atoms with Gasteiger partial charge in [0.1, 0.15) is 11.4 Å². The van der Waals surface area contributed by atoms with Crippen LogP contribution in [0.1, 0.15) is 61.5 Å². The quantitative estimate of drug-likeness (QED) is 0.497. The average Bonchev–Trinajstić information content (AvgIpc) is 3.36. The van der Waals surface area contributed by atoms with E-state index in [4.69, 9.17) is 10.5 Å². The van der Waals surface area contributed by atoms with Crippen molar-refractivity contribution < 1.29 is 9.53 Å². The van der Waals surface area contributed by atoms with Gasteiger partial charge in [0.15, 0.2) is 5.69 Å². The maximum atomic E-state index is 13.2. The van der Waals surface area contributed by atoms with E-state index >= 15 is 0 Å². The Morgan fingerprint density at radius 2 is 2.00 bits per heavy atom. The Morgan fingerprint density at radius 3 is 2.62 bits per heavy atom. The number of hydrogen-bond acceptors (Lipinski definition) is 7.